The number of fused-ring (bicyclic) bond motifs is 1. The Labute approximate surface area is 166 Å². The van der Waals surface area contributed by atoms with E-state index in [2.05, 4.69) is 26.2 Å². The summed E-state index contributed by atoms with van der Waals surface area (Å²) in [5.41, 5.74) is 3.39. The first-order valence-corrected chi connectivity index (χ1v) is 9.93. The molecule has 3 heterocycles. The summed E-state index contributed by atoms with van der Waals surface area (Å²) in [5.74, 6) is 0.0434. The summed E-state index contributed by atoms with van der Waals surface area (Å²) in [6.45, 7) is 3.64. The van der Waals surface area contributed by atoms with Crippen LogP contribution in [-0.4, -0.2) is 28.5 Å². The molecule has 2 aromatic heterocycles. The van der Waals surface area contributed by atoms with E-state index in [4.69, 9.17) is 4.74 Å². The second-order valence-corrected chi connectivity index (χ2v) is 7.95. The van der Waals surface area contributed by atoms with Crippen molar-refractivity contribution in [3.05, 3.63) is 70.1 Å². The molecule has 0 atom stereocenters. The molecule has 0 aliphatic carbocycles. The van der Waals surface area contributed by atoms with Gasteiger partial charge in [-0.1, -0.05) is 34.1 Å². The number of hydrogen-bond acceptors (Lipinski definition) is 3. The van der Waals surface area contributed by atoms with E-state index in [1.54, 1.807) is 0 Å². The molecular weight excluding hydrogens is 406 g/mol. The highest BCUT2D eigenvalue weighted by Gasteiger charge is 2.41. The first-order valence-electron chi connectivity index (χ1n) is 9.14. The summed E-state index contributed by atoms with van der Waals surface area (Å²) < 4.78 is 8.54. The fourth-order valence-electron chi connectivity index (χ4n) is 3.77. The number of rotatable bonds is 4. The van der Waals surface area contributed by atoms with Crippen LogP contribution < -0.4 is 5.32 Å². The number of carbonyl (C=O) groups is 1. The van der Waals surface area contributed by atoms with E-state index in [9.17, 15) is 4.79 Å². The average Bonchev–Trinajstić information content (AvgIpc) is 3.12. The van der Waals surface area contributed by atoms with Gasteiger partial charge >= 0.3 is 0 Å². The molecule has 5 nitrogen and oxygen atoms in total. The molecule has 1 saturated heterocycles. The van der Waals surface area contributed by atoms with Crippen LogP contribution in [0.15, 0.2) is 53.3 Å². The minimum absolute atomic E-state index is 0.0434. The third-order valence-corrected chi connectivity index (χ3v) is 5.86. The van der Waals surface area contributed by atoms with Crippen LogP contribution in [0.4, 0.5) is 0 Å². The summed E-state index contributed by atoms with van der Waals surface area (Å²) >= 11 is 3.47. The van der Waals surface area contributed by atoms with Gasteiger partial charge in [-0.2, -0.15) is 0 Å². The molecule has 4 rings (SSSR count). The predicted octanol–water partition coefficient (Wildman–Crippen LogP) is 3.77. The van der Waals surface area contributed by atoms with E-state index in [-0.39, 0.29) is 5.91 Å². The number of aromatic nitrogens is 2. The van der Waals surface area contributed by atoms with Crippen molar-refractivity contribution in [2.75, 3.05) is 13.2 Å². The van der Waals surface area contributed by atoms with E-state index >= 15 is 0 Å². The summed E-state index contributed by atoms with van der Waals surface area (Å²) in [7, 11) is 0. The summed E-state index contributed by atoms with van der Waals surface area (Å²) in [4.78, 5) is 17.9. The number of benzene rings is 1. The predicted molar refractivity (Wildman–Crippen MR) is 108 cm³/mol. The smallest absolute Gasteiger partial charge is 0.231 e. The Morgan fingerprint density at radius 1 is 1.26 bits per heavy atom. The van der Waals surface area contributed by atoms with Crippen LogP contribution in [0.2, 0.25) is 0 Å². The molecule has 1 aromatic carbocycles. The van der Waals surface area contributed by atoms with Crippen LogP contribution >= 0.6 is 15.9 Å². The van der Waals surface area contributed by atoms with E-state index in [0.29, 0.717) is 32.6 Å². The minimum atomic E-state index is -0.548. The zero-order chi connectivity index (χ0) is 18.9. The van der Waals surface area contributed by atoms with Gasteiger partial charge in [0, 0.05) is 30.1 Å². The highest BCUT2D eigenvalue weighted by atomic mass is 79.9. The largest absolute Gasteiger partial charge is 0.381 e. The number of aryl methyl sites for hydroxylation is 1. The van der Waals surface area contributed by atoms with Gasteiger partial charge in [-0.15, -0.1) is 0 Å². The Bertz CT molecular complexity index is 959. The molecule has 0 spiro atoms. The van der Waals surface area contributed by atoms with Crippen LogP contribution in [0, 0.1) is 6.92 Å². The first kappa shape index (κ1) is 18.2. The van der Waals surface area contributed by atoms with Gasteiger partial charge in [-0.25, -0.2) is 4.98 Å². The van der Waals surface area contributed by atoms with Gasteiger partial charge in [-0.3, -0.25) is 4.79 Å². The standard InChI is InChI=1S/C21H22BrN3O2/c1-15-3-2-10-25-14-18(24-19(15)25)13-23-20(26)21(8-11-27-12-9-21)16-4-6-17(22)7-5-16/h2-7,10,14H,8-9,11-13H2,1H3,(H,23,26). The maximum atomic E-state index is 13.2. The molecule has 1 aliphatic rings. The molecule has 3 aromatic rings. The van der Waals surface area contributed by atoms with Crippen LogP contribution in [0.1, 0.15) is 29.7 Å². The third-order valence-electron chi connectivity index (χ3n) is 5.34. The van der Waals surface area contributed by atoms with Gasteiger partial charge in [0.15, 0.2) is 0 Å². The lowest BCUT2D eigenvalue weighted by Gasteiger charge is -2.36. The molecule has 0 unspecified atom stereocenters. The molecular formula is C21H22BrN3O2. The fraction of sp³-hybridized carbons (Fsp3) is 0.333. The minimum Gasteiger partial charge on any atom is -0.381 e. The molecule has 6 heteroatoms. The maximum absolute atomic E-state index is 13.2. The number of nitrogens with one attached hydrogen (secondary N) is 1. The average molecular weight is 428 g/mol. The van der Waals surface area contributed by atoms with Gasteiger partial charge in [0.1, 0.15) is 5.65 Å². The van der Waals surface area contributed by atoms with Crippen molar-refractivity contribution < 1.29 is 9.53 Å². The topological polar surface area (TPSA) is 55.6 Å². The number of amides is 1. The van der Waals surface area contributed by atoms with Gasteiger partial charge in [0.25, 0.3) is 0 Å². The monoisotopic (exact) mass is 427 g/mol. The van der Waals surface area contributed by atoms with Crippen molar-refractivity contribution in [1.29, 1.82) is 0 Å². The second kappa shape index (κ2) is 7.44. The maximum Gasteiger partial charge on any atom is 0.231 e. The normalized spacial score (nSPS) is 16.4. The van der Waals surface area contributed by atoms with Gasteiger partial charge < -0.3 is 14.5 Å². The highest BCUT2D eigenvalue weighted by molar-refractivity contribution is 9.10. The SMILES string of the molecule is Cc1cccn2cc(CNC(=O)C3(c4ccc(Br)cc4)CCOCC3)nc12. The number of hydrogen-bond donors (Lipinski definition) is 1. The van der Waals surface area contributed by atoms with Crippen LogP contribution in [-0.2, 0) is 21.5 Å². The van der Waals surface area contributed by atoms with Gasteiger partial charge in [0.05, 0.1) is 17.7 Å². The molecule has 140 valence electrons. The number of imidazole rings is 1. The Kier molecular flexibility index (Phi) is 5.02. The molecule has 1 amide bonds. The van der Waals surface area contributed by atoms with Crippen LogP contribution in [0.5, 0.6) is 0 Å². The van der Waals surface area contributed by atoms with Crippen molar-refractivity contribution in [3.63, 3.8) is 0 Å². The number of nitrogens with zero attached hydrogens (tertiary/aromatic N) is 2. The first-order chi connectivity index (χ1) is 13.1. The number of pyridine rings is 1. The van der Waals surface area contributed by atoms with Crippen molar-refractivity contribution in [3.8, 4) is 0 Å². The highest BCUT2D eigenvalue weighted by Crippen LogP contribution is 2.35. The van der Waals surface area contributed by atoms with Gasteiger partial charge in [0.2, 0.25) is 5.91 Å². The van der Waals surface area contributed by atoms with E-state index < -0.39 is 5.41 Å². The Morgan fingerprint density at radius 2 is 2.00 bits per heavy atom. The van der Waals surface area contributed by atoms with Crippen molar-refractivity contribution in [2.45, 2.75) is 31.7 Å². The molecule has 1 N–H and O–H groups in total. The quantitative estimate of drug-likeness (QED) is 0.689. The number of carbonyl (C=O) groups excluding carboxylic acids is 1. The van der Waals surface area contributed by atoms with Gasteiger partial charge in [-0.05, 0) is 49.1 Å². The Morgan fingerprint density at radius 3 is 2.70 bits per heavy atom. The van der Waals surface area contributed by atoms with Crippen LogP contribution in [0.3, 0.4) is 0 Å². The number of ether oxygens (including phenoxy) is 1. The summed E-state index contributed by atoms with van der Waals surface area (Å²) in [5, 5.41) is 3.12. The lowest BCUT2D eigenvalue weighted by molar-refractivity contribution is -0.130. The van der Waals surface area contributed by atoms with E-state index in [1.807, 2.05) is 60.1 Å². The molecule has 0 bridgehead atoms. The zero-order valence-electron chi connectivity index (χ0n) is 15.2. The second-order valence-electron chi connectivity index (χ2n) is 7.04. The number of halogens is 1. The third kappa shape index (κ3) is 3.51. The van der Waals surface area contributed by atoms with E-state index in [0.717, 1.165) is 26.9 Å². The lowest BCUT2D eigenvalue weighted by Crippen LogP contribution is -2.47. The molecule has 1 fully saturated rings. The fourth-order valence-corrected chi connectivity index (χ4v) is 4.03. The van der Waals surface area contributed by atoms with Crippen molar-refractivity contribution >= 4 is 27.5 Å². The Hall–Kier alpha value is -2.18. The van der Waals surface area contributed by atoms with E-state index in [1.165, 1.54) is 0 Å². The molecule has 27 heavy (non-hydrogen) atoms. The summed E-state index contributed by atoms with van der Waals surface area (Å²) in [6.07, 6.45) is 5.32. The Balaban J connectivity index is 1.56. The molecule has 0 saturated carbocycles. The van der Waals surface area contributed by atoms with Crippen LogP contribution in [0.25, 0.3) is 5.65 Å². The van der Waals surface area contributed by atoms with Crippen molar-refractivity contribution in [2.24, 2.45) is 0 Å². The molecule has 1 aliphatic heterocycles. The molecule has 0 radical (unpaired) electrons. The zero-order valence-corrected chi connectivity index (χ0v) is 16.8. The van der Waals surface area contributed by atoms with Crippen molar-refractivity contribution in [1.82, 2.24) is 14.7 Å². The lowest BCUT2D eigenvalue weighted by atomic mass is 9.73. The summed E-state index contributed by atoms with van der Waals surface area (Å²) in [6, 6.07) is 12.1.